The molecule has 0 saturated heterocycles. The molecule has 0 amide bonds. The van der Waals surface area contributed by atoms with E-state index in [4.69, 9.17) is 4.52 Å². The number of nitrogens with one attached hydrogen (secondary N) is 1. The van der Waals surface area contributed by atoms with Crippen LogP contribution in [-0.2, 0) is 6.54 Å². The fourth-order valence-electron chi connectivity index (χ4n) is 1.25. The largest absolute Gasteiger partial charge is 0.334 e. The molecular formula is C10H9BrIN3O. The predicted molar refractivity (Wildman–Crippen MR) is 72.9 cm³/mol. The molecule has 4 nitrogen and oxygen atoms in total. The molecule has 0 bridgehead atoms. The molecule has 0 unspecified atom stereocenters. The predicted octanol–water partition coefficient (Wildman–Crippen LogP) is 2.82. The van der Waals surface area contributed by atoms with Crippen LogP contribution in [0.1, 0.15) is 5.82 Å². The minimum atomic E-state index is 0.552. The van der Waals surface area contributed by atoms with E-state index in [9.17, 15) is 0 Å². The van der Waals surface area contributed by atoms with Crippen LogP contribution in [-0.4, -0.2) is 17.2 Å². The van der Waals surface area contributed by atoms with Gasteiger partial charge in [-0.2, -0.15) is 4.98 Å². The summed E-state index contributed by atoms with van der Waals surface area (Å²) in [6, 6.07) is 5.95. The number of benzene rings is 1. The molecule has 0 saturated carbocycles. The molecule has 0 fully saturated rings. The molecule has 1 heterocycles. The standard InChI is InChI=1S/C10H9BrIN3O/c1-13-5-9-14-10(16-15-9)7-4-6(11)2-3-8(7)12/h2-4,13H,5H2,1H3. The van der Waals surface area contributed by atoms with Crippen molar-refractivity contribution in [3.8, 4) is 11.5 Å². The fraction of sp³-hybridized carbons (Fsp3) is 0.200. The Morgan fingerprint density at radius 3 is 3.06 bits per heavy atom. The Morgan fingerprint density at radius 1 is 1.50 bits per heavy atom. The van der Waals surface area contributed by atoms with Crippen LogP contribution >= 0.6 is 38.5 Å². The molecule has 1 aromatic carbocycles. The second kappa shape index (κ2) is 5.24. The van der Waals surface area contributed by atoms with Gasteiger partial charge in [0.1, 0.15) is 0 Å². The smallest absolute Gasteiger partial charge is 0.259 e. The second-order valence-electron chi connectivity index (χ2n) is 3.17. The van der Waals surface area contributed by atoms with E-state index < -0.39 is 0 Å². The van der Waals surface area contributed by atoms with Gasteiger partial charge < -0.3 is 9.84 Å². The summed E-state index contributed by atoms with van der Waals surface area (Å²) in [5, 5.41) is 6.86. The van der Waals surface area contributed by atoms with Crippen molar-refractivity contribution in [3.05, 3.63) is 32.1 Å². The van der Waals surface area contributed by atoms with Crippen molar-refractivity contribution >= 4 is 38.5 Å². The first-order chi connectivity index (χ1) is 7.70. The number of hydrogen-bond acceptors (Lipinski definition) is 4. The number of aromatic nitrogens is 2. The summed E-state index contributed by atoms with van der Waals surface area (Å²) in [5.41, 5.74) is 0.949. The van der Waals surface area contributed by atoms with Gasteiger partial charge in [-0.3, -0.25) is 0 Å². The SMILES string of the molecule is CNCc1noc(-c2cc(Br)ccc2I)n1. The zero-order valence-electron chi connectivity index (χ0n) is 8.50. The van der Waals surface area contributed by atoms with Gasteiger partial charge in [0.25, 0.3) is 5.89 Å². The molecule has 0 spiro atoms. The third-order valence-corrected chi connectivity index (χ3v) is 3.40. The van der Waals surface area contributed by atoms with E-state index in [1.54, 1.807) is 0 Å². The van der Waals surface area contributed by atoms with E-state index in [1.807, 2.05) is 25.2 Å². The van der Waals surface area contributed by atoms with Crippen LogP contribution in [0.2, 0.25) is 0 Å². The Balaban J connectivity index is 2.38. The molecule has 16 heavy (non-hydrogen) atoms. The van der Waals surface area contributed by atoms with Gasteiger partial charge in [0, 0.05) is 8.04 Å². The highest BCUT2D eigenvalue weighted by atomic mass is 127. The summed E-state index contributed by atoms with van der Waals surface area (Å²) in [6.07, 6.45) is 0. The van der Waals surface area contributed by atoms with E-state index in [-0.39, 0.29) is 0 Å². The van der Waals surface area contributed by atoms with E-state index >= 15 is 0 Å². The van der Waals surface area contributed by atoms with Crippen molar-refractivity contribution in [2.24, 2.45) is 0 Å². The number of halogens is 2. The van der Waals surface area contributed by atoms with Crippen molar-refractivity contribution in [3.63, 3.8) is 0 Å². The number of hydrogen-bond donors (Lipinski definition) is 1. The van der Waals surface area contributed by atoms with E-state index in [0.717, 1.165) is 13.6 Å². The van der Waals surface area contributed by atoms with E-state index in [0.29, 0.717) is 18.3 Å². The molecular weight excluding hydrogens is 385 g/mol. The van der Waals surface area contributed by atoms with Gasteiger partial charge in [0.2, 0.25) is 0 Å². The molecule has 1 aromatic heterocycles. The summed E-state index contributed by atoms with van der Waals surface area (Å²) in [5.74, 6) is 1.21. The molecule has 0 aliphatic rings. The first-order valence-corrected chi connectivity index (χ1v) is 6.50. The first kappa shape index (κ1) is 12.0. The van der Waals surface area contributed by atoms with Crippen LogP contribution in [0.15, 0.2) is 27.2 Å². The van der Waals surface area contributed by atoms with Crippen molar-refractivity contribution in [2.75, 3.05) is 7.05 Å². The number of rotatable bonds is 3. The summed E-state index contributed by atoms with van der Waals surface area (Å²) in [6.45, 7) is 0.605. The van der Waals surface area contributed by atoms with Crippen LogP contribution in [0.5, 0.6) is 0 Å². The van der Waals surface area contributed by atoms with E-state index in [1.165, 1.54) is 0 Å². The number of nitrogens with zero attached hydrogens (tertiary/aromatic N) is 2. The van der Waals surface area contributed by atoms with Crippen molar-refractivity contribution < 1.29 is 4.52 Å². The summed E-state index contributed by atoms with van der Waals surface area (Å²) in [7, 11) is 1.85. The molecule has 6 heteroatoms. The zero-order chi connectivity index (χ0) is 11.5. The Morgan fingerprint density at radius 2 is 2.31 bits per heavy atom. The van der Waals surface area contributed by atoms with Gasteiger partial charge in [-0.05, 0) is 47.8 Å². The quantitative estimate of drug-likeness (QED) is 0.814. The highest BCUT2D eigenvalue weighted by Gasteiger charge is 2.11. The lowest BCUT2D eigenvalue weighted by Gasteiger charge is -1.98. The Kier molecular flexibility index (Phi) is 3.93. The summed E-state index contributed by atoms with van der Waals surface area (Å²) in [4.78, 5) is 4.31. The van der Waals surface area contributed by atoms with Crippen LogP contribution in [0.3, 0.4) is 0 Å². The molecule has 0 atom stereocenters. The fourth-order valence-corrected chi connectivity index (χ4v) is 2.18. The maximum Gasteiger partial charge on any atom is 0.259 e. The molecule has 84 valence electrons. The molecule has 2 rings (SSSR count). The minimum Gasteiger partial charge on any atom is -0.334 e. The lowest BCUT2D eigenvalue weighted by Crippen LogP contribution is -2.06. The summed E-state index contributed by atoms with van der Waals surface area (Å²) >= 11 is 5.67. The van der Waals surface area contributed by atoms with Gasteiger partial charge in [0.15, 0.2) is 5.82 Å². The van der Waals surface area contributed by atoms with Gasteiger partial charge >= 0.3 is 0 Å². The van der Waals surface area contributed by atoms with Crippen LogP contribution in [0.25, 0.3) is 11.5 Å². The molecule has 0 aliphatic carbocycles. The van der Waals surface area contributed by atoms with Gasteiger partial charge in [-0.25, -0.2) is 0 Å². The zero-order valence-corrected chi connectivity index (χ0v) is 12.2. The first-order valence-electron chi connectivity index (χ1n) is 4.63. The van der Waals surface area contributed by atoms with Crippen molar-refractivity contribution in [2.45, 2.75) is 6.54 Å². The molecule has 2 aromatic rings. The van der Waals surface area contributed by atoms with Crippen molar-refractivity contribution in [1.29, 1.82) is 0 Å². The third kappa shape index (κ3) is 2.61. The molecule has 0 aliphatic heterocycles. The average Bonchev–Trinajstić information content (AvgIpc) is 2.71. The van der Waals surface area contributed by atoms with Gasteiger partial charge in [-0.1, -0.05) is 21.1 Å². The molecule has 0 radical (unpaired) electrons. The lowest BCUT2D eigenvalue weighted by atomic mass is 10.2. The average molecular weight is 394 g/mol. The van der Waals surface area contributed by atoms with Crippen LogP contribution in [0.4, 0.5) is 0 Å². The lowest BCUT2D eigenvalue weighted by molar-refractivity contribution is 0.420. The van der Waals surface area contributed by atoms with E-state index in [2.05, 4.69) is 54.0 Å². The maximum absolute atomic E-state index is 5.21. The van der Waals surface area contributed by atoms with Crippen LogP contribution < -0.4 is 5.32 Å². The monoisotopic (exact) mass is 393 g/mol. The highest BCUT2D eigenvalue weighted by Crippen LogP contribution is 2.27. The topological polar surface area (TPSA) is 51.0 Å². The van der Waals surface area contributed by atoms with Gasteiger partial charge in [-0.15, -0.1) is 0 Å². The highest BCUT2D eigenvalue weighted by molar-refractivity contribution is 14.1. The second-order valence-corrected chi connectivity index (χ2v) is 5.25. The van der Waals surface area contributed by atoms with Gasteiger partial charge in [0.05, 0.1) is 12.1 Å². The third-order valence-electron chi connectivity index (χ3n) is 1.96. The Labute approximate surface area is 115 Å². The normalized spacial score (nSPS) is 10.7. The Bertz CT molecular complexity index is 501. The molecule has 1 N–H and O–H groups in total. The van der Waals surface area contributed by atoms with Crippen LogP contribution in [0, 0.1) is 3.57 Å². The minimum absolute atomic E-state index is 0.552. The summed E-state index contributed by atoms with van der Waals surface area (Å²) < 4.78 is 7.29. The van der Waals surface area contributed by atoms with Crippen molar-refractivity contribution in [1.82, 2.24) is 15.5 Å². The maximum atomic E-state index is 5.21. The Hall–Kier alpha value is -0.470.